The van der Waals surface area contributed by atoms with E-state index in [1.807, 2.05) is 6.92 Å². The molecule has 0 unspecified atom stereocenters. The number of benzene rings is 1. The Labute approximate surface area is 172 Å². The maximum Gasteiger partial charge on any atom is 0.256 e. The number of nitrogens with zero attached hydrogens (tertiary/aromatic N) is 4. The summed E-state index contributed by atoms with van der Waals surface area (Å²) in [7, 11) is 0. The molecule has 30 heavy (non-hydrogen) atoms. The predicted octanol–water partition coefficient (Wildman–Crippen LogP) is 2.56. The zero-order valence-corrected chi connectivity index (χ0v) is 16.8. The van der Waals surface area contributed by atoms with Crippen molar-refractivity contribution in [2.75, 3.05) is 18.1 Å². The highest BCUT2D eigenvalue weighted by atomic mass is 19.1. The molecule has 0 spiro atoms. The number of carbonyl (C=O) groups is 1. The van der Waals surface area contributed by atoms with Crippen LogP contribution in [0.2, 0.25) is 0 Å². The normalized spacial score (nSPS) is 21.4. The molecular weight excluding hydrogens is 389 g/mol. The molecule has 1 N–H and O–H groups in total. The minimum absolute atomic E-state index is 0.0834. The monoisotopic (exact) mass is 411 g/mol. The molecular formula is C21H22FN5O3. The summed E-state index contributed by atoms with van der Waals surface area (Å²) in [5, 5.41) is 7.14. The van der Waals surface area contributed by atoms with Crippen LogP contribution in [-0.4, -0.2) is 45.8 Å². The highest BCUT2D eigenvalue weighted by molar-refractivity contribution is 5.99. The van der Waals surface area contributed by atoms with Crippen molar-refractivity contribution in [2.45, 2.75) is 39.0 Å². The van der Waals surface area contributed by atoms with E-state index in [2.05, 4.69) is 22.2 Å². The summed E-state index contributed by atoms with van der Waals surface area (Å²) in [6, 6.07) is 4.58. The molecule has 156 valence electrons. The Kier molecular flexibility index (Phi) is 4.45. The van der Waals surface area contributed by atoms with Crippen LogP contribution in [0, 0.1) is 5.82 Å². The van der Waals surface area contributed by atoms with Crippen molar-refractivity contribution in [2.24, 2.45) is 0 Å². The summed E-state index contributed by atoms with van der Waals surface area (Å²) in [5.74, 6) is 1.15. The van der Waals surface area contributed by atoms with E-state index < -0.39 is 0 Å². The Morgan fingerprint density at radius 2 is 2.13 bits per heavy atom. The van der Waals surface area contributed by atoms with E-state index in [1.165, 1.54) is 18.3 Å². The lowest BCUT2D eigenvalue weighted by Gasteiger charge is -2.29. The number of nitrogens with one attached hydrogen (secondary N) is 1. The van der Waals surface area contributed by atoms with Gasteiger partial charge >= 0.3 is 0 Å². The lowest BCUT2D eigenvalue weighted by Crippen LogP contribution is -2.34. The van der Waals surface area contributed by atoms with Crippen LogP contribution in [0.3, 0.4) is 0 Å². The van der Waals surface area contributed by atoms with E-state index >= 15 is 0 Å². The molecule has 9 heteroatoms. The maximum atomic E-state index is 14.1. The van der Waals surface area contributed by atoms with E-state index in [0.29, 0.717) is 53.8 Å². The number of carbonyl (C=O) groups excluding carboxylic acids is 1. The molecule has 0 aliphatic carbocycles. The van der Waals surface area contributed by atoms with Crippen LogP contribution in [0.1, 0.15) is 36.2 Å². The molecule has 3 aromatic rings. The van der Waals surface area contributed by atoms with Gasteiger partial charge in [0.05, 0.1) is 25.5 Å². The average Bonchev–Trinajstić information content (AvgIpc) is 3.07. The summed E-state index contributed by atoms with van der Waals surface area (Å²) in [4.78, 5) is 19.6. The van der Waals surface area contributed by atoms with Gasteiger partial charge in [0.1, 0.15) is 23.2 Å². The highest BCUT2D eigenvalue weighted by Crippen LogP contribution is 2.35. The van der Waals surface area contributed by atoms with E-state index in [-0.39, 0.29) is 23.9 Å². The predicted molar refractivity (Wildman–Crippen MR) is 108 cm³/mol. The van der Waals surface area contributed by atoms with Crippen LogP contribution in [0.4, 0.5) is 10.2 Å². The zero-order chi connectivity index (χ0) is 20.8. The third kappa shape index (κ3) is 3.20. The van der Waals surface area contributed by atoms with Gasteiger partial charge in [-0.25, -0.2) is 13.9 Å². The molecule has 2 aliphatic heterocycles. The van der Waals surface area contributed by atoms with Crippen LogP contribution in [0.5, 0.6) is 11.5 Å². The summed E-state index contributed by atoms with van der Waals surface area (Å²) in [5.41, 5.74) is 1.54. The molecule has 1 amide bonds. The smallest absolute Gasteiger partial charge is 0.256 e. The summed E-state index contributed by atoms with van der Waals surface area (Å²) in [6.07, 6.45) is 3.71. The lowest BCUT2D eigenvalue weighted by atomic mass is 10.1. The third-order valence-electron chi connectivity index (χ3n) is 5.52. The summed E-state index contributed by atoms with van der Waals surface area (Å²) >= 11 is 0. The first-order valence-corrected chi connectivity index (χ1v) is 10.0. The largest absolute Gasteiger partial charge is 0.489 e. The number of ether oxygens (including phenoxy) is 2. The number of fused-ring (bicyclic) bond motifs is 1. The first-order valence-electron chi connectivity index (χ1n) is 10.0. The van der Waals surface area contributed by atoms with Gasteiger partial charge in [0.2, 0.25) is 0 Å². The molecule has 8 nitrogen and oxygen atoms in total. The molecule has 0 fully saturated rings. The standard InChI is InChI=1S/C21H22FN5O3/c1-12-5-6-29-18-11-27-19-16(9-24-27)21(28)23-8-13(2)30-17-4-3-15(22)7-14(17)10-26(12)20(18)25-19/h3-4,7,9,11-13H,5-6,8,10H2,1-2H3,(H,23,28)/t12-,13+/m1/s1. The van der Waals surface area contributed by atoms with Crippen molar-refractivity contribution in [3.8, 4) is 11.5 Å². The molecule has 2 aliphatic rings. The van der Waals surface area contributed by atoms with Gasteiger partial charge in [-0.15, -0.1) is 0 Å². The first kappa shape index (κ1) is 18.7. The van der Waals surface area contributed by atoms with Crippen molar-refractivity contribution in [3.63, 3.8) is 0 Å². The van der Waals surface area contributed by atoms with Gasteiger partial charge in [-0.1, -0.05) is 0 Å². The fourth-order valence-corrected chi connectivity index (χ4v) is 3.85. The van der Waals surface area contributed by atoms with E-state index in [4.69, 9.17) is 14.5 Å². The quantitative estimate of drug-likeness (QED) is 0.612. The Hall–Kier alpha value is -3.36. The van der Waals surface area contributed by atoms with Gasteiger partial charge in [0.25, 0.3) is 5.91 Å². The molecule has 2 aromatic heterocycles. The Balaban J connectivity index is 1.71. The summed E-state index contributed by atoms with van der Waals surface area (Å²) < 4.78 is 27.6. The minimum atomic E-state index is -0.331. The number of rotatable bonds is 0. The highest BCUT2D eigenvalue weighted by Gasteiger charge is 2.28. The SMILES string of the molecule is C[C@@H]1CCOc2cn3ncc4c3nc2N1Cc1cc(F)ccc1O[C@@H](C)CNC4=O. The van der Waals surface area contributed by atoms with Crippen LogP contribution in [0.25, 0.3) is 5.65 Å². The first-order chi connectivity index (χ1) is 14.5. The van der Waals surface area contributed by atoms with Crippen molar-refractivity contribution in [1.82, 2.24) is 19.9 Å². The minimum Gasteiger partial charge on any atom is -0.489 e. The van der Waals surface area contributed by atoms with Crippen LogP contribution in [-0.2, 0) is 6.54 Å². The summed E-state index contributed by atoms with van der Waals surface area (Å²) in [6.45, 7) is 5.15. The second kappa shape index (κ2) is 7.16. The van der Waals surface area contributed by atoms with Crippen LogP contribution in [0.15, 0.2) is 30.6 Å². The van der Waals surface area contributed by atoms with Crippen molar-refractivity contribution in [3.05, 3.63) is 47.5 Å². The Bertz CT molecular complexity index is 1130. The fourth-order valence-electron chi connectivity index (χ4n) is 3.85. The second-order valence-electron chi connectivity index (χ2n) is 7.76. The number of halogens is 1. The number of aromatic nitrogens is 3. The van der Waals surface area contributed by atoms with Crippen LogP contribution >= 0.6 is 0 Å². The number of hydrogen-bond acceptors (Lipinski definition) is 6. The Morgan fingerprint density at radius 3 is 3.00 bits per heavy atom. The molecule has 2 atom stereocenters. The topological polar surface area (TPSA) is 81.0 Å². The molecule has 1 aromatic carbocycles. The lowest BCUT2D eigenvalue weighted by molar-refractivity contribution is 0.0933. The van der Waals surface area contributed by atoms with Gasteiger partial charge in [-0.2, -0.15) is 5.10 Å². The maximum absolute atomic E-state index is 14.1. The molecule has 0 radical (unpaired) electrons. The van der Waals surface area contributed by atoms with E-state index in [1.54, 1.807) is 16.8 Å². The molecule has 0 saturated carbocycles. The van der Waals surface area contributed by atoms with Gasteiger partial charge < -0.3 is 19.7 Å². The number of hydrogen-bond donors (Lipinski definition) is 1. The Morgan fingerprint density at radius 1 is 1.27 bits per heavy atom. The molecule has 0 saturated heterocycles. The van der Waals surface area contributed by atoms with Gasteiger partial charge in [-0.05, 0) is 32.0 Å². The van der Waals surface area contributed by atoms with Gasteiger partial charge in [0, 0.05) is 24.6 Å². The fraction of sp³-hybridized carbons (Fsp3) is 0.381. The number of anilines is 1. The third-order valence-corrected chi connectivity index (χ3v) is 5.52. The van der Waals surface area contributed by atoms with E-state index in [0.717, 1.165) is 6.42 Å². The molecule has 2 bridgehead atoms. The molecule has 5 rings (SSSR count). The van der Waals surface area contributed by atoms with Gasteiger partial charge in [0.15, 0.2) is 17.2 Å². The van der Waals surface area contributed by atoms with Crippen molar-refractivity contribution < 1.29 is 18.7 Å². The van der Waals surface area contributed by atoms with E-state index in [9.17, 15) is 9.18 Å². The second-order valence-corrected chi connectivity index (χ2v) is 7.76. The average molecular weight is 411 g/mol. The van der Waals surface area contributed by atoms with Crippen LogP contribution < -0.4 is 19.7 Å². The van der Waals surface area contributed by atoms with Crippen molar-refractivity contribution in [1.29, 1.82) is 0 Å². The molecule has 4 heterocycles. The number of amides is 1. The van der Waals surface area contributed by atoms with Crippen molar-refractivity contribution >= 4 is 17.4 Å². The zero-order valence-electron chi connectivity index (χ0n) is 16.8. The van der Waals surface area contributed by atoms with Gasteiger partial charge in [-0.3, -0.25) is 4.79 Å².